The molecule has 3 N–H and O–H groups in total. The van der Waals surface area contributed by atoms with Gasteiger partial charge in [0.1, 0.15) is 5.82 Å². The first-order chi connectivity index (χ1) is 8.09. The van der Waals surface area contributed by atoms with E-state index in [1.165, 1.54) is 0 Å². The van der Waals surface area contributed by atoms with Gasteiger partial charge in [-0.25, -0.2) is 4.98 Å². The fourth-order valence-electron chi connectivity index (χ4n) is 2.03. The van der Waals surface area contributed by atoms with Crippen LogP contribution in [0.25, 0.3) is 0 Å². The summed E-state index contributed by atoms with van der Waals surface area (Å²) in [5.74, 6) is 0.863. The zero-order chi connectivity index (χ0) is 12.4. The maximum atomic E-state index is 12.3. The van der Waals surface area contributed by atoms with Crippen LogP contribution in [0.1, 0.15) is 13.8 Å². The number of nitrogens with one attached hydrogen (secondary N) is 1. The maximum absolute atomic E-state index is 12.3. The lowest BCUT2D eigenvalue weighted by molar-refractivity contribution is -0.122. The molecule has 1 atom stereocenters. The molecule has 1 aliphatic heterocycles. The average molecular weight is 234 g/mol. The van der Waals surface area contributed by atoms with Gasteiger partial charge in [-0.1, -0.05) is 13.8 Å². The lowest BCUT2D eigenvalue weighted by atomic mass is 10.0. The van der Waals surface area contributed by atoms with E-state index < -0.39 is 0 Å². The van der Waals surface area contributed by atoms with Crippen molar-refractivity contribution in [2.75, 3.05) is 23.7 Å². The summed E-state index contributed by atoms with van der Waals surface area (Å²) in [5, 5.41) is 3.24. The Morgan fingerprint density at radius 3 is 2.88 bits per heavy atom. The van der Waals surface area contributed by atoms with Crippen LogP contribution < -0.4 is 16.0 Å². The summed E-state index contributed by atoms with van der Waals surface area (Å²) in [5.41, 5.74) is 6.36. The van der Waals surface area contributed by atoms with Crippen LogP contribution in [0.3, 0.4) is 0 Å². The molecule has 0 unspecified atom stereocenters. The highest BCUT2D eigenvalue weighted by atomic mass is 16.2. The third-order valence-electron chi connectivity index (χ3n) is 2.98. The number of anilines is 2. The first kappa shape index (κ1) is 11.9. The van der Waals surface area contributed by atoms with Crippen molar-refractivity contribution in [2.45, 2.75) is 19.9 Å². The predicted octanol–water partition coefficient (Wildman–Crippen LogP) is 0.625. The first-order valence-corrected chi connectivity index (χ1v) is 5.86. The molecule has 5 nitrogen and oxygen atoms in total. The van der Waals surface area contributed by atoms with Gasteiger partial charge < -0.3 is 16.0 Å². The predicted molar refractivity (Wildman–Crippen MR) is 67.6 cm³/mol. The number of aromatic nitrogens is 1. The van der Waals surface area contributed by atoms with Gasteiger partial charge in [0.25, 0.3) is 0 Å². The monoisotopic (exact) mass is 234 g/mol. The average Bonchev–Trinajstić information content (AvgIpc) is 2.30. The van der Waals surface area contributed by atoms with Gasteiger partial charge in [0.15, 0.2) is 0 Å². The van der Waals surface area contributed by atoms with E-state index in [0.717, 1.165) is 12.2 Å². The molecule has 2 heterocycles. The van der Waals surface area contributed by atoms with Crippen LogP contribution in [0.4, 0.5) is 11.5 Å². The zero-order valence-corrected chi connectivity index (χ0v) is 10.2. The van der Waals surface area contributed by atoms with E-state index in [4.69, 9.17) is 5.73 Å². The lowest BCUT2D eigenvalue weighted by Gasteiger charge is -2.34. The number of nitrogen functional groups attached to an aromatic ring is 1. The molecule has 0 radical (unpaired) electrons. The van der Waals surface area contributed by atoms with Crippen LogP contribution in [0.15, 0.2) is 18.3 Å². The molecule has 1 aliphatic rings. The number of piperazine rings is 1. The number of nitrogens with two attached hydrogens (primary N) is 1. The van der Waals surface area contributed by atoms with E-state index in [1.54, 1.807) is 17.2 Å². The first-order valence-electron chi connectivity index (χ1n) is 5.86. The van der Waals surface area contributed by atoms with Crippen molar-refractivity contribution in [1.29, 1.82) is 0 Å². The molecule has 1 amide bonds. The summed E-state index contributed by atoms with van der Waals surface area (Å²) in [6.07, 6.45) is 1.65. The number of carbonyl (C=O) groups is 1. The fourth-order valence-corrected chi connectivity index (χ4v) is 2.03. The summed E-state index contributed by atoms with van der Waals surface area (Å²) in [6.45, 7) is 5.56. The topological polar surface area (TPSA) is 71.2 Å². The van der Waals surface area contributed by atoms with E-state index in [9.17, 15) is 4.79 Å². The molecule has 92 valence electrons. The smallest absolute Gasteiger partial charge is 0.244 e. The molecule has 0 spiro atoms. The Bertz CT molecular complexity index is 401. The molecule has 0 bridgehead atoms. The second kappa shape index (κ2) is 4.71. The molecule has 1 aromatic rings. The number of hydrogen-bond acceptors (Lipinski definition) is 4. The second-order valence-corrected chi connectivity index (χ2v) is 4.61. The SMILES string of the molecule is CC(C)[C@H]1NCCN(c2ccc(N)nc2)C1=O. The Morgan fingerprint density at radius 1 is 1.53 bits per heavy atom. The third kappa shape index (κ3) is 2.39. The van der Waals surface area contributed by atoms with E-state index in [-0.39, 0.29) is 17.9 Å². The normalized spacial score (nSPS) is 21.0. The van der Waals surface area contributed by atoms with Crippen LogP contribution in [-0.2, 0) is 4.79 Å². The highest BCUT2D eigenvalue weighted by Crippen LogP contribution is 2.19. The van der Waals surface area contributed by atoms with Crippen LogP contribution in [0.5, 0.6) is 0 Å². The van der Waals surface area contributed by atoms with Gasteiger partial charge in [-0.3, -0.25) is 4.79 Å². The highest BCUT2D eigenvalue weighted by molar-refractivity contribution is 5.98. The third-order valence-corrected chi connectivity index (χ3v) is 2.98. The largest absolute Gasteiger partial charge is 0.384 e. The minimum absolute atomic E-state index is 0.109. The number of amides is 1. The molecular weight excluding hydrogens is 216 g/mol. The standard InChI is InChI=1S/C12H18N4O/c1-8(2)11-12(17)16(6-5-14-11)9-3-4-10(13)15-7-9/h3-4,7-8,11,14H,5-6H2,1-2H3,(H2,13,15)/t11-/m1/s1. The molecule has 17 heavy (non-hydrogen) atoms. The zero-order valence-electron chi connectivity index (χ0n) is 10.2. The molecule has 0 aromatic carbocycles. The number of nitrogens with zero attached hydrogens (tertiary/aromatic N) is 2. The number of pyridine rings is 1. The van der Waals surface area contributed by atoms with Crippen molar-refractivity contribution in [2.24, 2.45) is 5.92 Å². The molecule has 0 aliphatic carbocycles. The Morgan fingerprint density at radius 2 is 2.29 bits per heavy atom. The van der Waals surface area contributed by atoms with Gasteiger partial charge in [-0.05, 0) is 18.1 Å². The second-order valence-electron chi connectivity index (χ2n) is 4.61. The maximum Gasteiger partial charge on any atom is 0.244 e. The summed E-state index contributed by atoms with van der Waals surface area (Å²) in [7, 11) is 0. The quantitative estimate of drug-likeness (QED) is 0.787. The molecule has 0 saturated carbocycles. The highest BCUT2D eigenvalue weighted by Gasteiger charge is 2.31. The van der Waals surface area contributed by atoms with Gasteiger partial charge in [0, 0.05) is 13.1 Å². The summed E-state index contributed by atoms with van der Waals surface area (Å²) < 4.78 is 0. The van der Waals surface area contributed by atoms with E-state index in [2.05, 4.69) is 10.3 Å². The van der Waals surface area contributed by atoms with Crippen LogP contribution in [-0.4, -0.2) is 30.0 Å². The Balaban J connectivity index is 2.20. The summed E-state index contributed by atoms with van der Waals surface area (Å²) in [6, 6.07) is 3.44. The van der Waals surface area contributed by atoms with Crippen molar-refractivity contribution < 1.29 is 4.79 Å². The van der Waals surface area contributed by atoms with E-state index in [1.807, 2.05) is 19.9 Å². The number of rotatable bonds is 2. The van der Waals surface area contributed by atoms with Crippen LogP contribution in [0, 0.1) is 5.92 Å². The van der Waals surface area contributed by atoms with Crippen molar-refractivity contribution in [1.82, 2.24) is 10.3 Å². The van der Waals surface area contributed by atoms with Gasteiger partial charge in [-0.2, -0.15) is 0 Å². The van der Waals surface area contributed by atoms with E-state index in [0.29, 0.717) is 12.4 Å². The Kier molecular flexibility index (Phi) is 3.28. The Hall–Kier alpha value is -1.62. The minimum atomic E-state index is -0.110. The van der Waals surface area contributed by atoms with Gasteiger partial charge in [-0.15, -0.1) is 0 Å². The van der Waals surface area contributed by atoms with Gasteiger partial charge >= 0.3 is 0 Å². The van der Waals surface area contributed by atoms with Crippen molar-refractivity contribution in [3.8, 4) is 0 Å². The van der Waals surface area contributed by atoms with Gasteiger partial charge in [0.2, 0.25) is 5.91 Å². The van der Waals surface area contributed by atoms with Crippen LogP contribution in [0.2, 0.25) is 0 Å². The summed E-state index contributed by atoms with van der Waals surface area (Å²) in [4.78, 5) is 18.1. The van der Waals surface area contributed by atoms with Crippen molar-refractivity contribution >= 4 is 17.4 Å². The molecule has 2 rings (SSSR count). The molecule has 1 saturated heterocycles. The molecular formula is C12H18N4O. The minimum Gasteiger partial charge on any atom is -0.384 e. The van der Waals surface area contributed by atoms with Crippen LogP contribution >= 0.6 is 0 Å². The van der Waals surface area contributed by atoms with E-state index >= 15 is 0 Å². The van der Waals surface area contributed by atoms with Crippen molar-refractivity contribution in [3.63, 3.8) is 0 Å². The lowest BCUT2D eigenvalue weighted by Crippen LogP contribution is -2.57. The van der Waals surface area contributed by atoms with Gasteiger partial charge in [0.05, 0.1) is 17.9 Å². The summed E-state index contributed by atoms with van der Waals surface area (Å²) >= 11 is 0. The molecule has 1 aromatic heterocycles. The fraction of sp³-hybridized carbons (Fsp3) is 0.500. The number of hydrogen-bond donors (Lipinski definition) is 2. The molecule has 5 heteroatoms. The number of carbonyl (C=O) groups excluding carboxylic acids is 1. The van der Waals surface area contributed by atoms with Crippen molar-refractivity contribution in [3.05, 3.63) is 18.3 Å². The Labute approximate surface area is 101 Å². The molecule has 1 fully saturated rings.